The van der Waals surface area contributed by atoms with Crippen LogP contribution in [0.3, 0.4) is 0 Å². The van der Waals surface area contributed by atoms with Crippen molar-refractivity contribution in [2.75, 3.05) is 132 Å². The van der Waals surface area contributed by atoms with Gasteiger partial charge >= 0.3 is 5.97 Å². The number of carbonyl (C=O) groups is 1. The molecule has 0 aromatic carbocycles. The summed E-state index contributed by atoms with van der Waals surface area (Å²) in [5.41, 5.74) is 0. The van der Waals surface area contributed by atoms with E-state index in [9.17, 15) is 4.79 Å². The Balaban J connectivity index is -0.0000000718. The lowest BCUT2D eigenvalue weighted by atomic mass is 10.00. The van der Waals surface area contributed by atoms with Crippen molar-refractivity contribution >= 4 is 5.97 Å². The van der Waals surface area contributed by atoms with Gasteiger partial charge < -0.3 is 153 Å². The summed E-state index contributed by atoms with van der Waals surface area (Å²) >= 11 is 0. The number of aliphatic hydroxyl groups excluding tert-OH is 29. The minimum Gasteiger partial charge on any atom is -0.457 e. The quantitative estimate of drug-likeness (QED) is 0.0358. The topological polar surface area (TPSA) is 613 Å². The fourth-order valence-electron chi connectivity index (χ4n) is 1.85. The Labute approximate surface area is 402 Å². The van der Waals surface area contributed by atoms with Gasteiger partial charge in [-0.1, -0.05) is 26.7 Å². The molecule has 0 saturated carbocycles. The van der Waals surface area contributed by atoms with Crippen LogP contribution >= 0.6 is 0 Å². The Morgan fingerprint density at radius 1 is 0.304 bits per heavy atom. The molecule has 432 valence electrons. The fraction of sp³-hybridized carbons (Fsp3) is 0.974. The van der Waals surface area contributed by atoms with Crippen LogP contribution in [-0.4, -0.2) is 347 Å². The molecule has 0 fully saturated rings. The van der Waals surface area contributed by atoms with Gasteiger partial charge in [-0.05, 0) is 12.8 Å². The number of carbonyl (C=O) groups excluding carboxylic acids is 1. The molecule has 1 atom stereocenters. The van der Waals surface area contributed by atoms with E-state index < -0.39 is 61.0 Å². The Kier molecular flexibility index (Phi) is 105. The Morgan fingerprint density at radius 2 is 0.464 bits per heavy atom. The summed E-state index contributed by atoms with van der Waals surface area (Å²) in [7, 11) is 0. The molecule has 0 aromatic heterocycles. The largest absolute Gasteiger partial charge is 0.457 e. The van der Waals surface area contributed by atoms with Crippen LogP contribution in [0.15, 0.2) is 0 Å². The van der Waals surface area contributed by atoms with Crippen molar-refractivity contribution in [3.8, 4) is 0 Å². The maximum absolute atomic E-state index is 11.6. The summed E-state index contributed by atoms with van der Waals surface area (Å²) in [5.74, 6) is -0.412. The average Bonchev–Trinajstić information content (AvgIpc) is 3.41. The summed E-state index contributed by atoms with van der Waals surface area (Å²) in [6, 6.07) is 0. The summed E-state index contributed by atoms with van der Waals surface area (Å²) in [4.78, 5) is 11.6. The van der Waals surface area contributed by atoms with Crippen molar-refractivity contribution in [3.63, 3.8) is 0 Å². The molecule has 0 aliphatic carbocycles. The monoisotopic (exact) mass is 1050 g/mol. The summed E-state index contributed by atoms with van der Waals surface area (Å²) in [5, 5.41) is 234. The van der Waals surface area contributed by atoms with Gasteiger partial charge in [0, 0.05) is 0 Å². The highest BCUT2D eigenvalue weighted by Gasteiger charge is 2.21. The van der Waals surface area contributed by atoms with Crippen LogP contribution in [0.4, 0.5) is 0 Å². The summed E-state index contributed by atoms with van der Waals surface area (Å²) in [6.45, 7) is -3.21. The molecule has 0 aliphatic heterocycles. The van der Waals surface area contributed by atoms with Gasteiger partial charge in [0.05, 0.1) is 138 Å². The third-order valence-electron chi connectivity index (χ3n) is 6.22. The van der Waals surface area contributed by atoms with E-state index in [0.717, 1.165) is 25.7 Å². The van der Waals surface area contributed by atoms with E-state index >= 15 is 0 Å². The fourth-order valence-corrected chi connectivity index (χ4v) is 1.85. The van der Waals surface area contributed by atoms with Crippen molar-refractivity contribution in [2.45, 2.75) is 101 Å². The minimum absolute atomic E-state index is 0.106. The zero-order chi connectivity index (χ0) is 56.6. The normalized spacial score (nSPS) is 10.6. The predicted octanol–water partition coefficient (Wildman–Crippen LogP) is -13.9. The van der Waals surface area contributed by atoms with Crippen molar-refractivity contribution < 1.29 is 158 Å². The van der Waals surface area contributed by atoms with E-state index in [4.69, 9.17) is 153 Å². The summed E-state index contributed by atoms with van der Waals surface area (Å²) < 4.78 is 4.96. The maximum Gasteiger partial charge on any atom is 0.309 e. The second kappa shape index (κ2) is 80.4. The molecule has 29 N–H and O–H groups in total. The van der Waals surface area contributed by atoms with E-state index in [2.05, 4.69) is 6.92 Å². The van der Waals surface area contributed by atoms with Gasteiger partial charge in [0.25, 0.3) is 0 Å². The van der Waals surface area contributed by atoms with Crippen LogP contribution in [0.1, 0.15) is 39.5 Å². The standard InChI is InChI=1S/C11H22O4.9C3H8O3/c1-3-5-6-9(4-2)11(14)15-10(7-12)8-13;9*4-1-3(6)2-5/h9-10,12-13H,3-8H2,1-2H3;9*3-6H,1-2H2. The smallest absolute Gasteiger partial charge is 0.309 e. The van der Waals surface area contributed by atoms with Crippen molar-refractivity contribution in [1.82, 2.24) is 0 Å². The Morgan fingerprint density at radius 3 is 0.551 bits per heavy atom. The van der Waals surface area contributed by atoms with Crippen molar-refractivity contribution in [3.05, 3.63) is 0 Å². The highest BCUT2D eigenvalue weighted by atomic mass is 16.6. The molecule has 0 aromatic rings. The van der Waals surface area contributed by atoms with E-state index in [1.165, 1.54) is 0 Å². The van der Waals surface area contributed by atoms with Gasteiger partial charge in [-0.3, -0.25) is 4.79 Å². The van der Waals surface area contributed by atoms with Crippen LogP contribution in [0.5, 0.6) is 0 Å². The molecular formula is C38H94O31. The molecule has 31 nitrogen and oxygen atoms in total. The first-order valence-corrected chi connectivity index (χ1v) is 21.0. The number of esters is 1. The first-order chi connectivity index (χ1) is 32.5. The third kappa shape index (κ3) is 100. The van der Waals surface area contributed by atoms with Crippen LogP contribution in [-0.2, 0) is 9.53 Å². The summed E-state index contributed by atoms with van der Waals surface area (Å²) in [6.07, 6.45) is -5.75. The Bertz CT molecular complexity index is 650. The molecular weight excluding hydrogens is 952 g/mol. The second-order valence-corrected chi connectivity index (χ2v) is 12.8. The third-order valence-corrected chi connectivity index (χ3v) is 6.22. The Hall–Kier alpha value is -1.69. The van der Waals surface area contributed by atoms with Gasteiger partial charge in [-0.2, -0.15) is 0 Å². The van der Waals surface area contributed by atoms with Crippen LogP contribution < -0.4 is 0 Å². The number of hydrogen-bond donors (Lipinski definition) is 29. The molecule has 0 bridgehead atoms. The van der Waals surface area contributed by atoms with Gasteiger partial charge in [0.1, 0.15) is 61.0 Å². The van der Waals surface area contributed by atoms with E-state index in [1.807, 2.05) is 6.92 Å². The lowest BCUT2D eigenvalue weighted by molar-refractivity contribution is -0.158. The molecule has 0 spiro atoms. The number of hydrogen-bond acceptors (Lipinski definition) is 31. The van der Waals surface area contributed by atoms with Crippen LogP contribution in [0.25, 0.3) is 0 Å². The molecule has 0 radical (unpaired) electrons. The zero-order valence-electron chi connectivity index (χ0n) is 39.6. The van der Waals surface area contributed by atoms with Crippen molar-refractivity contribution in [2.24, 2.45) is 5.92 Å². The predicted molar refractivity (Wildman–Crippen MR) is 239 cm³/mol. The van der Waals surface area contributed by atoms with Gasteiger partial charge in [0.15, 0.2) is 0 Å². The molecule has 1 unspecified atom stereocenters. The first-order valence-electron chi connectivity index (χ1n) is 21.0. The molecule has 0 rings (SSSR count). The molecule has 0 aliphatic rings. The zero-order valence-corrected chi connectivity index (χ0v) is 39.6. The number of rotatable bonds is 26. The highest BCUT2D eigenvalue weighted by molar-refractivity contribution is 5.72. The van der Waals surface area contributed by atoms with Crippen LogP contribution in [0.2, 0.25) is 0 Å². The van der Waals surface area contributed by atoms with E-state index in [-0.39, 0.29) is 144 Å². The highest BCUT2D eigenvalue weighted by Crippen LogP contribution is 2.15. The van der Waals surface area contributed by atoms with Gasteiger partial charge in [-0.15, -0.1) is 0 Å². The number of ether oxygens (including phenoxy) is 1. The molecule has 0 heterocycles. The number of aliphatic hydroxyl groups is 29. The van der Waals surface area contributed by atoms with Crippen molar-refractivity contribution in [1.29, 1.82) is 0 Å². The average molecular weight is 1050 g/mol. The minimum atomic E-state index is -0.954. The van der Waals surface area contributed by atoms with Crippen LogP contribution in [0, 0.1) is 5.92 Å². The molecule has 0 saturated heterocycles. The van der Waals surface area contributed by atoms with Gasteiger partial charge in [-0.25, -0.2) is 0 Å². The first kappa shape index (κ1) is 90.1. The lowest BCUT2D eigenvalue weighted by Gasteiger charge is -2.18. The van der Waals surface area contributed by atoms with Gasteiger partial charge in [0.2, 0.25) is 0 Å². The van der Waals surface area contributed by atoms with E-state index in [1.54, 1.807) is 0 Å². The molecule has 31 heteroatoms. The maximum atomic E-state index is 11.6. The SMILES string of the molecule is CCCCC(CC)C(=O)OC(CO)CO.OCC(O)CO.OCC(O)CO.OCC(O)CO.OCC(O)CO.OCC(O)CO.OCC(O)CO.OCC(O)CO.OCC(O)CO.OCC(O)CO. The van der Waals surface area contributed by atoms with E-state index in [0.29, 0.717) is 0 Å². The number of unbranched alkanes of at least 4 members (excludes halogenated alkanes) is 1. The second-order valence-electron chi connectivity index (χ2n) is 12.8. The molecule has 69 heavy (non-hydrogen) atoms. The molecule has 0 amide bonds. The lowest BCUT2D eigenvalue weighted by Crippen LogP contribution is -2.29.